The van der Waals surface area contributed by atoms with Crippen LogP contribution < -0.4 is 72.8 Å². The van der Waals surface area contributed by atoms with Gasteiger partial charge in [0, 0.05) is 202 Å². The monoisotopic (exact) mass is 1720 g/mol. The van der Waals surface area contributed by atoms with Crippen molar-refractivity contribution in [2.75, 3.05) is 145 Å². The molecule has 0 spiro atoms. The smallest absolute Gasteiger partial charge is 0.255 e. The Morgan fingerprint density at radius 3 is 1.59 bits per heavy atom. The molecule has 8 aromatic rings. The van der Waals surface area contributed by atoms with E-state index < -0.39 is 23.3 Å². The Balaban J connectivity index is 0.000000128. The maximum Gasteiger partial charge on any atom is 0.255 e. The number of allylic oxidation sites excluding steroid dienone is 2. The van der Waals surface area contributed by atoms with Crippen LogP contribution in [0, 0.1) is 42.0 Å². The van der Waals surface area contributed by atoms with E-state index in [1.54, 1.807) is 76.3 Å². The lowest BCUT2D eigenvalue weighted by atomic mass is 10.0. The maximum atomic E-state index is 15.4. The molecule has 39 heteroatoms. The van der Waals surface area contributed by atoms with E-state index in [0.717, 1.165) is 99.3 Å². The number of benzene rings is 1. The number of piperidine rings is 2. The highest BCUT2D eigenvalue weighted by atomic mass is 35.5. The molecule has 10 aliphatic rings. The Kier molecular flexibility index (Phi) is 25.1. The van der Waals surface area contributed by atoms with E-state index in [9.17, 15) is 33.2 Å². The number of amides is 6. The maximum absolute atomic E-state index is 15.4. The highest BCUT2D eigenvalue weighted by Crippen LogP contribution is 2.43. The number of likely N-dealkylation sites (N-methyl/N-ethyl adjacent to an activating group) is 1. The molecule has 17 heterocycles. The lowest BCUT2D eigenvalue weighted by Crippen LogP contribution is -2.59. The number of nitrogens with one attached hydrogen (secondary N) is 10. The van der Waals surface area contributed by atoms with Gasteiger partial charge >= 0.3 is 0 Å². The van der Waals surface area contributed by atoms with Crippen molar-refractivity contribution in [1.29, 1.82) is 0 Å². The summed E-state index contributed by atoms with van der Waals surface area (Å²) in [5, 5.41) is 38.7. The first-order valence-corrected chi connectivity index (χ1v) is 41.5. The molecular weight excluding hydrogens is 1630 g/mol. The van der Waals surface area contributed by atoms with Gasteiger partial charge in [0.2, 0.25) is 11.8 Å². The number of rotatable bonds is 22. The molecule has 6 saturated heterocycles. The second-order valence-electron chi connectivity index (χ2n) is 31.3. The van der Waals surface area contributed by atoms with Gasteiger partial charge in [-0.1, -0.05) is 51.1 Å². The zero-order valence-corrected chi connectivity index (χ0v) is 70.0. The van der Waals surface area contributed by atoms with Crippen LogP contribution in [0.25, 0.3) is 0 Å². The van der Waals surface area contributed by atoms with Crippen molar-refractivity contribution in [2.45, 2.75) is 76.9 Å². The zero-order valence-electron chi connectivity index (χ0n) is 68.4. The minimum Gasteiger partial charge on any atom is -0.378 e. The van der Waals surface area contributed by atoms with E-state index in [-0.39, 0.29) is 142 Å². The summed E-state index contributed by atoms with van der Waals surface area (Å²) >= 11 is 7.86. The number of halogens is 5. The van der Waals surface area contributed by atoms with Crippen LogP contribution >= 0.6 is 23.1 Å². The number of likely N-dealkylation sites (tertiary alicyclic amines) is 3. The Morgan fingerprint density at radius 2 is 1.07 bits per heavy atom. The van der Waals surface area contributed by atoms with Crippen molar-refractivity contribution in [2.24, 2.45) is 25.9 Å². The van der Waals surface area contributed by atoms with Gasteiger partial charge in [0.25, 0.3) is 23.6 Å². The van der Waals surface area contributed by atoms with Crippen molar-refractivity contribution >= 4 is 133 Å². The van der Waals surface area contributed by atoms with Gasteiger partial charge < -0.3 is 92.2 Å². The Bertz CT molecular complexity index is 5560. The summed E-state index contributed by atoms with van der Waals surface area (Å²) in [7, 11) is 5.43. The largest absolute Gasteiger partial charge is 0.378 e. The highest BCUT2D eigenvalue weighted by molar-refractivity contribution is 7.10. The summed E-state index contributed by atoms with van der Waals surface area (Å²) in [6.07, 6.45) is 16.2. The lowest BCUT2D eigenvalue weighted by Gasteiger charge is -2.40. The number of ether oxygens (including phenoxy) is 1. The number of hydrogen-bond acceptors (Lipinski definition) is 26. The third kappa shape index (κ3) is 18.0. The fourth-order valence-electron chi connectivity index (χ4n) is 16.7. The predicted molar refractivity (Wildman–Crippen MR) is 463 cm³/mol. The van der Waals surface area contributed by atoms with Crippen LogP contribution in [0.1, 0.15) is 95.1 Å². The number of hydrogen-bond donors (Lipinski definition) is 10. The van der Waals surface area contributed by atoms with Gasteiger partial charge in [0.05, 0.1) is 81.7 Å². The molecule has 0 bridgehead atoms. The highest BCUT2D eigenvalue weighted by Gasteiger charge is 2.44. The van der Waals surface area contributed by atoms with Gasteiger partial charge in [0.1, 0.15) is 28.3 Å². The summed E-state index contributed by atoms with van der Waals surface area (Å²) in [6.45, 7) is 34.6. The van der Waals surface area contributed by atoms with Crippen LogP contribution in [-0.2, 0) is 54.6 Å². The summed E-state index contributed by atoms with van der Waals surface area (Å²) < 4.78 is 74.1. The van der Waals surface area contributed by atoms with Crippen LogP contribution in [0.3, 0.4) is 0 Å². The zero-order chi connectivity index (χ0) is 86.8. The second kappa shape index (κ2) is 36.3. The number of fused-ring (bicyclic) bond motifs is 5. The number of aromatic nitrogens is 9. The summed E-state index contributed by atoms with van der Waals surface area (Å²) in [5.74, 6) is -0.921. The molecule has 18 rings (SSSR count). The van der Waals surface area contributed by atoms with Crippen molar-refractivity contribution in [3.63, 3.8) is 0 Å². The topological polar surface area (TPSA) is 355 Å². The van der Waals surface area contributed by atoms with Gasteiger partial charge in [0.15, 0.2) is 46.5 Å². The second-order valence-corrected chi connectivity index (χ2v) is 32.5. The number of carbonyl (C=O) groups is 6. The molecule has 0 saturated carbocycles. The number of anilines is 13. The van der Waals surface area contributed by atoms with Crippen LogP contribution in [0.5, 0.6) is 0 Å². The van der Waals surface area contributed by atoms with Crippen LogP contribution in [0.2, 0.25) is 5.02 Å². The van der Waals surface area contributed by atoms with E-state index in [4.69, 9.17) is 16.3 Å². The Labute approximate surface area is 715 Å². The summed E-state index contributed by atoms with van der Waals surface area (Å²) in [4.78, 5) is 105. The van der Waals surface area contributed by atoms with Crippen LogP contribution in [0.4, 0.5) is 91.9 Å². The average molecular weight is 1720 g/mol. The molecule has 7 aromatic heterocycles. The molecule has 10 aliphatic heterocycles. The van der Waals surface area contributed by atoms with Crippen LogP contribution in [0.15, 0.2) is 124 Å². The molecule has 4 unspecified atom stereocenters. The SMILES string of the molecule is C=CC(=C)N1CC2CN(c3nc(Nc4cnn(C)c4)c4c(c3F)CNC4=O)CC2C1.C=CC(=C)N1CCCC(N(C)c2nc(Nc3cc(C)ns3)c3c(c2F)CNC3=O)C1.C=CC(=O)N1CCCC(Nc2nc(Nc3ccc(N4CCOCC4)c(Cl)c3)c3c(c2F)CNC3=O)C1.C=CC(=O)NC1CN(c2nc(Nc3cnn(C)c3)c3c(c2F)CNC3=O)C1. The van der Waals surface area contributed by atoms with Crippen LogP contribution in [-0.4, -0.2) is 211 Å². The molecule has 10 N–H and O–H groups in total. The Hall–Kier alpha value is -13.1. The van der Waals surface area contributed by atoms with E-state index in [2.05, 4.69) is 142 Å². The third-order valence-electron chi connectivity index (χ3n) is 23.2. The first-order chi connectivity index (χ1) is 59.2. The first-order valence-electron chi connectivity index (χ1n) is 40.3. The van der Waals surface area contributed by atoms with Gasteiger partial charge in [-0.3, -0.25) is 38.1 Å². The van der Waals surface area contributed by atoms with Crippen molar-refractivity contribution in [1.82, 2.24) is 85.2 Å². The fourth-order valence-corrected chi connectivity index (χ4v) is 17.7. The van der Waals surface area contributed by atoms with Gasteiger partial charge in [-0.15, -0.1) is 0 Å². The van der Waals surface area contributed by atoms with Crippen molar-refractivity contribution in [3.8, 4) is 0 Å². The molecule has 0 aliphatic carbocycles. The van der Waals surface area contributed by atoms with Crippen molar-refractivity contribution < 1.29 is 51.1 Å². The first kappa shape index (κ1) is 84.9. The van der Waals surface area contributed by atoms with Gasteiger partial charge in [-0.05, 0) is 92.7 Å². The van der Waals surface area contributed by atoms with E-state index in [0.29, 0.717) is 108 Å². The Morgan fingerprint density at radius 1 is 0.561 bits per heavy atom. The molecule has 33 nitrogen and oxygen atoms in total. The van der Waals surface area contributed by atoms with Crippen molar-refractivity contribution in [3.05, 3.63) is 203 Å². The third-order valence-corrected chi connectivity index (χ3v) is 24.3. The molecule has 123 heavy (non-hydrogen) atoms. The number of nitrogens with zero attached hydrogens (tertiary/aromatic N) is 16. The van der Waals surface area contributed by atoms with Gasteiger partial charge in [-0.25, -0.2) is 37.5 Å². The quantitative estimate of drug-likeness (QED) is 0.0171. The molecule has 6 amide bonds. The van der Waals surface area contributed by atoms with E-state index >= 15 is 13.2 Å². The molecule has 644 valence electrons. The number of aryl methyl sites for hydroxylation is 3. The predicted octanol–water partition coefficient (Wildman–Crippen LogP) is 9.30. The molecule has 1 aromatic carbocycles. The molecule has 0 radical (unpaired) electrons. The number of pyridine rings is 4. The molecular formula is C84H95ClF4N26O7S. The standard InChI is InChI=1S/C25H28ClFN6O3.C21H24FN7O.C21H25FN6OS.C17H18FN7O2/c1-2-20(34)33-7-3-4-16(14-33)30-24-22(27)17-13-28-25(35)21(17)23(31-24)29-15-5-6-19(18(26)12-15)32-8-10-36-11-9-32;1-4-12(2)28-7-13-9-29(10-14(13)8-28)20-18(22)16-6-23-21(30)17(16)19(26-20)25-15-5-24-27(3)11-15;1-5-13(3)28-8-6-7-14(11-28)27(4)20-18(22)15-10-23-21(29)17(15)19(25-20)24-16-9-12(2)26-30-16;1-3-12(26)21-10-7-25(8-10)16-14(18)11-5-19-17(27)13(11)15(23-16)22-9-4-20-24(2)6-9/h2,5-6,12,16H,1,3-4,7-11,13-14H2,(H,28,35)(H2,29,30,31);4-5,11,13-14H,1-2,6-10H2,3H3,(H,23,30)(H,25,26);5,9,14H,1,3,6-8,10-11H2,2,4H3,(H,23,29)(H,24,25);3-4,6,10H,1,5,7-8H2,2H3,(H,19,27)(H,21,26)(H,22,23). The number of carbonyl (C=O) groups excluding carboxylic acids is 6. The minimum absolute atomic E-state index is 0.0432. The van der Waals surface area contributed by atoms with Gasteiger partial charge in [-0.2, -0.15) is 14.6 Å². The summed E-state index contributed by atoms with van der Waals surface area (Å²) in [5.41, 5.74) is 7.73. The molecule has 6 fully saturated rings. The number of morpholine rings is 1. The summed E-state index contributed by atoms with van der Waals surface area (Å²) in [6, 6.07) is 7.20. The minimum atomic E-state index is -0.568. The lowest BCUT2D eigenvalue weighted by molar-refractivity contribution is -0.127. The average Bonchev–Trinajstić information content (AvgIpc) is 1.65. The normalized spacial score (nSPS) is 19.0. The van der Waals surface area contributed by atoms with E-state index in [1.807, 2.05) is 42.0 Å². The van der Waals surface area contributed by atoms with E-state index in [1.165, 1.54) is 23.7 Å². The fraction of sp³-hybridized carbons (Fsp3) is 0.369. The molecule has 4 atom stereocenters.